The number of hydrogen-bond acceptors (Lipinski definition) is 4. The van der Waals surface area contributed by atoms with E-state index in [1.165, 1.54) is 4.90 Å². The van der Waals surface area contributed by atoms with Crippen LogP contribution in [0.3, 0.4) is 0 Å². The molecular weight excluding hydrogens is 318 g/mol. The van der Waals surface area contributed by atoms with Gasteiger partial charge < -0.3 is 9.64 Å². The van der Waals surface area contributed by atoms with Crippen LogP contribution >= 0.6 is 0 Å². The molecule has 0 radical (unpaired) electrons. The van der Waals surface area contributed by atoms with Gasteiger partial charge in [0.05, 0.1) is 0 Å². The van der Waals surface area contributed by atoms with E-state index in [1.54, 1.807) is 6.92 Å². The molecular formula is C20H27NO4. The second kappa shape index (κ2) is 8.28. The first kappa shape index (κ1) is 19.2. The van der Waals surface area contributed by atoms with Crippen molar-refractivity contribution in [2.45, 2.75) is 59.5 Å². The molecule has 1 heterocycles. The normalized spacial score (nSPS) is 16.3. The lowest BCUT2D eigenvalue weighted by atomic mass is 9.96. The van der Waals surface area contributed by atoms with Crippen LogP contribution in [-0.2, 0) is 14.3 Å². The molecule has 0 N–H and O–H groups in total. The van der Waals surface area contributed by atoms with Gasteiger partial charge in [0.2, 0.25) is 11.7 Å². The molecule has 0 aromatic heterocycles. The maximum atomic E-state index is 12.6. The third-order valence-electron chi connectivity index (χ3n) is 4.77. The van der Waals surface area contributed by atoms with Crippen molar-refractivity contribution in [3.05, 3.63) is 34.4 Å². The van der Waals surface area contributed by atoms with Gasteiger partial charge in [-0.2, -0.15) is 0 Å². The third-order valence-corrected chi connectivity index (χ3v) is 4.77. The van der Waals surface area contributed by atoms with Gasteiger partial charge in [0, 0.05) is 18.5 Å². The molecule has 1 aromatic rings. The number of esters is 1. The van der Waals surface area contributed by atoms with Crippen molar-refractivity contribution < 1.29 is 19.1 Å². The summed E-state index contributed by atoms with van der Waals surface area (Å²) >= 11 is 0. The number of hydrogen-bond donors (Lipinski definition) is 0. The minimum Gasteiger partial charge on any atom is -0.453 e. The lowest BCUT2D eigenvalue weighted by Crippen LogP contribution is -2.38. The van der Waals surface area contributed by atoms with Gasteiger partial charge in [-0.25, -0.2) is 0 Å². The number of rotatable bonds is 5. The van der Waals surface area contributed by atoms with E-state index >= 15 is 0 Å². The van der Waals surface area contributed by atoms with E-state index in [0.29, 0.717) is 18.5 Å². The first-order chi connectivity index (χ1) is 11.8. The van der Waals surface area contributed by atoms with Crippen molar-refractivity contribution in [3.63, 3.8) is 0 Å². The van der Waals surface area contributed by atoms with Crippen LogP contribution in [0, 0.1) is 20.8 Å². The second-order valence-electron chi connectivity index (χ2n) is 6.87. The Hall–Kier alpha value is -2.17. The number of Topliss-reactive ketones (excluding diaryl/α,β-unsaturated/α-hetero) is 1. The summed E-state index contributed by atoms with van der Waals surface area (Å²) in [6, 6.07) is 3.81. The van der Waals surface area contributed by atoms with Gasteiger partial charge in [-0.1, -0.05) is 12.5 Å². The lowest BCUT2D eigenvalue weighted by molar-refractivity contribution is -0.151. The SMILES string of the molecule is Cc1cc(C)c(C(=O)C(C)OC(=O)CN2CCCCCC2=O)cc1C. The summed E-state index contributed by atoms with van der Waals surface area (Å²) in [6.07, 6.45) is 2.37. The number of carbonyl (C=O) groups excluding carboxylic acids is 3. The minimum absolute atomic E-state index is 0.0153. The quantitative estimate of drug-likeness (QED) is 0.607. The third kappa shape index (κ3) is 4.91. The summed E-state index contributed by atoms with van der Waals surface area (Å²) in [4.78, 5) is 38.3. The molecule has 136 valence electrons. The Kier molecular flexibility index (Phi) is 6.34. The van der Waals surface area contributed by atoms with Crippen molar-refractivity contribution in [2.24, 2.45) is 0 Å². The molecule has 25 heavy (non-hydrogen) atoms. The Bertz CT molecular complexity index is 681. The molecule has 0 aliphatic carbocycles. The fourth-order valence-electron chi connectivity index (χ4n) is 3.09. The monoisotopic (exact) mass is 345 g/mol. The number of nitrogens with zero attached hydrogens (tertiary/aromatic N) is 1. The van der Waals surface area contributed by atoms with Crippen LogP contribution in [0.5, 0.6) is 0 Å². The highest BCUT2D eigenvalue weighted by atomic mass is 16.5. The molecule has 1 aromatic carbocycles. The summed E-state index contributed by atoms with van der Waals surface area (Å²) in [6.45, 7) is 7.91. The predicted octanol–water partition coefficient (Wildman–Crippen LogP) is 3.13. The zero-order chi connectivity index (χ0) is 18.6. The summed E-state index contributed by atoms with van der Waals surface area (Å²) in [5.74, 6) is -0.757. The van der Waals surface area contributed by atoms with Crippen molar-refractivity contribution in [1.29, 1.82) is 0 Å². The fourth-order valence-corrected chi connectivity index (χ4v) is 3.09. The van der Waals surface area contributed by atoms with Crippen molar-refractivity contribution in [2.75, 3.05) is 13.1 Å². The molecule has 1 amide bonds. The molecule has 1 fully saturated rings. The average Bonchev–Trinajstić information content (AvgIpc) is 2.75. The summed E-state index contributed by atoms with van der Waals surface area (Å²) in [5.41, 5.74) is 3.61. The lowest BCUT2D eigenvalue weighted by Gasteiger charge is -2.21. The topological polar surface area (TPSA) is 63.7 Å². The zero-order valence-corrected chi connectivity index (χ0v) is 15.6. The van der Waals surface area contributed by atoms with Crippen LogP contribution in [0.2, 0.25) is 0 Å². The van der Waals surface area contributed by atoms with Crippen LogP contribution in [0.15, 0.2) is 12.1 Å². The summed E-state index contributed by atoms with van der Waals surface area (Å²) < 4.78 is 5.30. The van der Waals surface area contributed by atoms with Gasteiger partial charge in [-0.05, 0) is 63.3 Å². The molecule has 1 atom stereocenters. The number of aryl methyl sites for hydroxylation is 3. The summed E-state index contributed by atoms with van der Waals surface area (Å²) in [5, 5.41) is 0. The standard InChI is InChI=1S/C20H27NO4/c1-13-10-15(3)17(11-14(13)2)20(24)16(4)25-19(23)12-21-9-7-5-6-8-18(21)22/h10-11,16H,5-9,12H2,1-4H3. The number of carbonyl (C=O) groups is 3. The maximum Gasteiger partial charge on any atom is 0.326 e. The zero-order valence-electron chi connectivity index (χ0n) is 15.6. The maximum absolute atomic E-state index is 12.6. The van der Waals surface area contributed by atoms with E-state index in [4.69, 9.17) is 4.74 Å². The van der Waals surface area contributed by atoms with E-state index in [9.17, 15) is 14.4 Å². The van der Waals surface area contributed by atoms with Crippen LogP contribution in [0.1, 0.15) is 59.7 Å². The van der Waals surface area contributed by atoms with E-state index in [2.05, 4.69) is 0 Å². The molecule has 1 aliphatic rings. The van der Waals surface area contributed by atoms with Crippen molar-refractivity contribution >= 4 is 17.7 Å². The van der Waals surface area contributed by atoms with Crippen molar-refractivity contribution in [1.82, 2.24) is 4.90 Å². The number of ketones is 1. The van der Waals surface area contributed by atoms with E-state index in [0.717, 1.165) is 36.0 Å². The molecule has 2 rings (SSSR count). The van der Waals surface area contributed by atoms with Gasteiger partial charge >= 0.3 is 5.97 Å². The highest BCUT2D eigenvalue weighted by Crippen LogP contribution is 2.18. The predicted molar refractivity (Wildman–Crippen MR) is 95.6 cm³/mol. The Morgan fingerprint density at radius 3 is 2.48 bits per heavy atom. The molecule has 0 spiro atoms. The number of amides is 1. The average molecular weight is 345 g/mol. The van der Waals surface area contributed by atoms with Gasteiger partial charge in [0.15, 0.2) is 6.10 Å². The smallest absolute Gasteiger partial charge is 0.326 e. The van der Waals surface area contributed by atoms with E-state index in [-0.39, 0.29) is 18.2 Å². The molecule has 1 unspecified atom stereocenters. The number of benzene rings is 1. The van der Waals surface area contributed by atoms with Gasteiger partial charge in [-0.3, -0.25) is 14.4 Å². The minimum atomic E-state index is -0.865. The second-order valence-corrected chi connectivity index (χ2v) is 6.87. The molecule has 1 aliphatic heterocycles. The number of likely N-dealkylation sites (tertiary alicyclic amines) is 1. The van der Waals surface area contributed by atoms with Crippen LogP contribution in [0.25, 0.3) is 0 Å². The molecule has 5 nitrogen and oxygen atoms in total. The van der Waals surface area contributed by atoms with Crippen LogP contribution in [0.4, 0.5) is 0 Å². The van der Waals surface area contributed by atoms with Crippen LogP contribution < -0.4 is 0 Å². The first-order valence-electron chi connectivity index (χ1n) is 8.89. The largest absolute Gasteiger partial charge is 0.453 e. The van der Waals surface area contributed by atoms with E-state index < -0.39 is 12.1 Å². The number of ether oxygens (including phenoxy) is 1. The molecule has 0 bridgehead atoms. The Labute approximate surface area is 149 Å². The Morgan fingerprint density at radius 2 is 1.76 bits per heavy atom. The highest BCUT2D eigenvalue weighted by molar-refractivity contribution is 6.01. The van der Waals surface area contributed by atoms with Crippen molar-refractivity contribution in [3.8, 4) is 0 Å². The Balaban J connectivity index is 1.99. The molecule has 0 saturated carbocycles. The first-order valence-corrected chi connectivity index (χ1v) is 8.89. The van der Waals surface area contributed by atoms with E-state index in [1.807, 2.05) is 32.9 Å². The van der Waals surface area contributed by atoms with Crippen LogP contribution in [-0.4, -0.2) is 41.8 Å². The molecule has 1 saturated heterocycles. The Morgan fingerprint density at radius 1 is 1.08 bits per heavy atom. The highest BCUT2D eigenvalue weighted by Gasteiger charge is 2.24. The van der Waals surface area contributed by atoms with Gasteiger partial charge in [0.25, 0.3) is 0 Å². The van der Waals surface area contributed by atoms with Gasteiger partial charge in [-0.15, -0.1) is 0 Å². The van der Waals surface area contributed by atoms with Gasteiger partial charge in [0.1, 0.15) is 6.54 Å². The molecule has 5 heteroatoms. The fraction of sp³-hybridized carbons (Fsp3) is 0.550. The summed E-state index contributed by atoms with van der Waals surface area (Å²) in [7, 11) is 0.